The number of aliphatic hydroxyl groups excluding tert-OH is 2. The number of thioether (sulfide) groups is 1. The number of phosphoric ester groups is 3. The van der Waals surface area contributed by atoms with Gasteiger partial charge in [-0.1, -0.05) is 64.3 Å². The quantitative estimate of drug-likeness (QED) is 0.0476. The van der Waals surface area contributed by atoms with E-state index >= 15 is 0 Å². The summed E-state index contributed by atoms with van der Waals surface area (Å²) in [5.74, 6) is -2.73. The van der Waals surface area contributed by atoms with Gasteiger partial charge < -0.3 is 50.9 Å². The van der Waals surface area contributed by atoms with Crippen LogP contribution in [-0.4, -0.2) is 123 Å². The fourth-order valence-electron chi connectivity index (χ4n) is 4.52. The van der Waals surface area contributed by atoms with E-state index in [9.17, 15) is 57.9 Å². The van der Waals surface area contributed by atoms with Crippen molar-refractivity contribution in [3.05, 3.63) is 12.7 Å². The number of rotatable bonds is 26. The predicted molar refractivity (Wildman–Crippen MR) is 205 cm³/mol. The first-order valence-electron chi connectivity index (χ1n) is 24.5. The lowest BCUT2D eigenvalue weighted by atomic mass is 9.87. The molecule has 2 amide bonds. The van der Waals surface area contributed by atoms with Gasteiger partial charge in [0, 0.05) is 60.4 Å². The number of aliphatic hydroxyl groups is 2. The van der Waals surface area contributed by atoms with Crippen LogP contribution in [0.1, 0.15) is 101 Å². The van der Waals surface area contributed by atoms with Crippen molar-refractivity contribution in [2.45, 2.75) is 102 Å². The van der Waals surface area contributed by atoms with Crippen LogP contribution >= 0.6 is 35.2 Å². The number of carbonyl (C=O) groups excluding carboxylic acids is 3. The van der Waals surface area contributed by atoms with Crippen LogP contribution in [0.5, 0.6) is 0 Å². The Bertz CT molecular complexity index is 2570. The molecular weight excluding hydrogens is 855 g/mol. The van der Waals surface area contributed by atoms with Crippen molar-refractivity contribution in [2.75, 3.05) is 37.8 Å². The number of fused-ring (bicyclic) bond motifs is 1. The lowest BCUT2D eigenvalue weighted by Gasteiger charge is -2.30. The number of carbonyl (C=O) groups is 3. The van der Waals surface area contributed by atoms with Gasteiger partial charge in [0.15, 0.2) is 22.8 Å². The normalized spacial score (nSPS) is 27.6. The van der Waals surface area contributed by atoms with E-state index in [2.05, 4.69) is 34.4 Å². The van der Waals surface area contributed by atoms with Crippen LogP contribution in [0.3, 0.4) is 0 Å². The van der Waals surface area contributed by atoms with E-state index in [1.165, 1.54) is 0 Å². The van der Waals surface area contributed by atoms with Crippen LogP contribution in [0, 0.1) is 5.41 Å². The summed E-state index contributed by atoms with van der Waals surface area (Å²) in [6.45, 7) is -5.02. The van der Waals surface area contributed by atoms with Crippen molar-refractivity contribution < 1.29 is 104 Å². The maximum absolute atomic E-state index is 12.9. The number of imidazole rings is 1. The second-order valence-corrected chi connectivity index (χ2v) is 17.4. The van der Waals surface area contributed by atoms with Crippen LogP contribution in [0.25, 0.3) is 11.2 Å². The van der Waals surface area contributed by atoms with Gasteiger partial charge in [0.25, 0.3) is 0 Å². The van der Waals surface area contributed by atoms with E-state index in [0.717, 1.165) is 31.1 Å². The zero-order chi connectivity index (χ0) is 58.4. The largest absolute Gasteiger partial charge is 0.481 e. The van der Waals surface area contributed by atoms with Gasteiger partial charge in [0.05, 0.1) is 19.5 Å². The van der Waals surface area contributed by atoms with Crippen molar-refractivity contribution >= 4 is 69.1 Å². The average molecular weight is 925 g/mol. The van der Waals surface area contributed by atoms with Crippen molar-refractivity contribution in [2.24, 2.45) is 5.41 Å². The second-order valence-electron chi connectivity index (χ2n) is 12.1. The van der Waals surface area contributed by atoms with E-state index in [4.69, 9.17) is 42.8 Å². The summed E-state index contributed by atoms with van der Waals surface area (Å²) in [6.07, 6.45) is -38.7. The van der Waals surface area contributed by atoms with Crippen molar-refractivity contribution in [1.29, 1.82) is 0 Å². The molecule has 0 bridgehead atoms. The van der Waals surface area contributed by atoms with Gasteiger partial charge in [-0.05, 0) is 6.37 Å². The average Bonchev–Trinajstić information content (AvgIpc) is 3.82. The molecule has 3 unspecified atom stereocenters. The number of nitrogen functional groups attached to an aromatic ring is 1. The third kappa shape index (κ3) is 16.2. The Morgan fingerprint density at radius 2 is 1.74 bits per heavy atom. The maximum Gasteiger partial charge on any atom is 0.481 e. The molecule has 3 rings (SSSR count). The van der Waals surface area contributed by atoms with Gasteiger partial charge in [0.2, 0.25) is 11.8 Å². The topological polar surface area (TPSA) is 364 Å². The van der Waals surface area contributed by atoms with Crippen LogP contribution in [0.4, 0.5) is 5.82 Å². The molecule has 58 heavy (non-hydrogen) atoms. The monoisotopic (exact) mass is 924 g/mol. The summed E-state index contributed by atoms with van der Waals surface area (Å²) in [5.41, 5.74) is 3.94. The Labute approximate surface area is 361 Å². The van der Waals surface area contributed by atoms with Crippen LogP contribution in [0.2, 0.25) is 0 Å². The molecule has 1 aliphatic rings. The lowest BCUT2D eigenvalue weighted by Crippen LogP contribution is -2.46. The molecule has 24 nitrogen and oxygen atoms in total. The number of hydrogen-bond donors (Lipinski definition) is 9. The van der Waals surface area contributed by atoms with Gasteiger partial charge in [-0.15, -0.1) is 0 Å². The molecule has 3 heterocycles. The fraction of sp³-hybridized carbons (Fsp3) is 0.733. The summed E-state index contributed by atoms with van der Waals surface area (Å²) in [6, 6.07) is 0. The van der Waals surface area contributed by atoms with E-state index in [-0.39, 0.29) is 28.7 Å². The Morgan fingerprint density at radius 1 is 1.05 bits per heavy atom. The molecule has 7 atom stereocenters. The van der Waals surface area contributed by atoms with Gasteiger partial charge in [-0.2, -0.15) is 4.31 Å². The highest BCUT2D eigenvalue weighted by Crippen LogP contribution is 2.61. The van der Waals surface area contributed by atoms with Crippen LogP contribution < -0.4 is 16.4 Å². The van der Waals surface area contributed by atoms with E-state index in [0.29, 0.717) is 0 Å². The highest BCUT2D eigenvalue weighted by atomic mass is 32.2. The predicted octanol–water partition coefficient (Wildman–Crippen LogP) is 1.42. The molecule has 330 valence electrons. The fourth-order valence-corrected chi connectivity index (χ4v) is 7.86. The molecule has 28 heteroatoms. The van der Waals surface area contributed by atoms with Crippen LogP contribution in [0.15, 0.2) is 12.7 Å². The Hall–Kier alpha value is -2.44. The number of ether oxygens (including phenoxy) is 1. The molecule has 1 aliphatic heterocycles. The minimum absolute atomic E-state index is 0.0282. The Kier molecular flexibility index (Phi) is 11.5. The third-order valence-electron chi connectivity index (χ3n) is 7.21. The molecule has 1 saturated heterocycles. The molecule has 1 fully saturated rings. The second kappa shape index (κ2) is 22.4. The van der Waals surface area contributed by atoms with E-state index in [1.54, 1.807) is 0 Å². The lowest BCUT2D eigenvalue weighted by molar-refractivity contribution is -0.137. The standard InChI is InChI=1S/C30H52N7O17P3S/c1-4-5-6-7-8-9-10-21(39)58-14-13-32-20(38)11-12-33-28(42)25(41)30(2,3)16-51-57(48,49)54-56(46,47)50-15-19-24(53-55(43,44)45)23(40)29(52-19)37-18-36-22-26(31)34-17-35-27(22)37/h17-19,23-25,29,40-41H,4-16H2,1-3H3,(H,32,38)(H,33,42)(H,46,47)(H,48,49)(H2,31,34,35)(H2,43,44,45)/t19-,23+,24?,25+,29-/m1/s1/i1D3,4D2,5D2,6D2,7D2,8D2,9D2,10D2. The summed E-state index contributed by atoms with van der Waals surface area (Å²) in [4.78, 5) is 89.0. The van der Waals surface area contributed by atoms with Crippen LogP contribution in [-0.2, 0) is 50.7 Å². The van der Waals surface area contributed by atoms with Gasteiger partial charge in [-0.3, -0.25) is 32.5 Å². The first kappa shape index (κ1) is 29.8. The number of nitrogens with zero attached hydrogens (tertiary/aromatic N) is 4. The number of phosphoric acid groups is 3. The molecule has 2 aromatic rings. The minimum atomic E-state index is -5.70. The highest BCUT2D eigenvalue weighted by Gasteiger charge is 2.50. The summed E-state index contributed by atoms with van der Waals surface area (Å²) >= 11 is -0.0549. The van der Waals surface area contributed by atoms with Gasteiger partial charge >= 0.3 is 23.5 Å². The minimum Gasteiger partial charge on any atom is -0.386 e. The molecule has 0 radical (unpaired) electrons. The first-order chi connectivity index (χ1) is 33.5. The SMILES string of the molecule is [2H]C([2H])([2H])C([2H])([2H])C([2H])([2H])C([2H])([2H])C([2H])([2H])C([2H])([2H])C([2H])([2H])C([2H])([2H])C(=O)SCCNC(=O)CCNC(=O)[C@H](O)C(C)(C)COP(=O)(O)OP(=O)(O)OC[C@H]1O[C@@H](n2cnc3c(N)ncnc32)[C@@H](O)C1OP(=O)(O)O. The van der Waals surface area contributed by atoms with Gasteiger partial charge in [-0.25, -0.2) is 28.6 Å². The molecular formula is C30H52N7O17P3S. The molecule has 0 saturated carbocycles. The Morgan fingerprint density at radius 3 is 2.45 bits per heavy atom. The van der Waals surface area contributed by atoms with Crippen molar-refractivity contribution in [3.8, 4) is 0 Å². The number of nitrogens with two attached hydrogens (primary N) is 1. The highest BCUT2D eigenvalue weighted by molar-refractivity contribution is 8.13. The van der Waals surface area contributed by atoms with E-state index < -0.39 is 166 Å². The maximum atomic E-state index is 12.9. The molecule has 0 aliphatic carbocycles. The molecule has 2 aromatic heterocycles. The number of aromatic nitrogens is 4. The molecule has 0 aromatic carbocycles. The van der Waals surface area contributed by atoms with E-state index in [1.807, 2.05) is 0 Å². The smallest absolute Gasteiger partial charge is 0.386 e. The third-order valence-corrected chi connectivity index (χ3v) is 11.1. The van der Waals surface area contributed by atoms with Crippen molar-refractivity contribution in [1.82, 2.24) is 30.2 Å². The number of anilines is 1. The number of nitrogens with one attached hydrogen (secondary N) is 2. The zero-order valence-corrected chi connectivity index (χ0v) is 33.6. The molecule has 10 N–H and O–H groups in total. The summed E-state index contributed by atoms with van der Waals surface area (Å²) in [7, 11) is -16.8. The summed E-state index contributed by atoms with van der Waals surface area (Å²) < 4.78 is 196. The molecule has 0 spiro atoms. The number of hydrogen-bond acceptors (Lipinski definition) is 18. The van der Waals surface area contributed by atoms with Gasteiger partial charge in [0.1, 0.15) is 36.3 Å². The Balaban J connectivity index is 1.51. The van der Waals surface area contributed by atoms with Crippen molar-refractivity contribution in [3.63, 3.8) is 0 Å². The zero-order valence-electron chi connectivity index (χ0n) is 47.1. The summed E-state index contributed by atoms with van der Waals surface area (Å²) in [5, 5.41) is 24.1. The first-order valence-corrected chi connectivity index (χ1v) is 21.5. The number of amides is 2.